The first-order chi connectivity index (χ1) is 8.39. The molecule has 0 bridgehead atoms. The lowest BCUT2D eigenvalue weighted by Crippen LogP contribution is -2.29. The predicted octanol–water partition coefficient (Wildman–Crippen LogP) is 3.99. The normalized spacial score (nSPS) is 24.8. The molecular weight excluding hydrogens is 241 g/mol. The van der Waals surface area contributed by atoms with Gasteiger partial charge in [0.15, 0.2) is 0 Å². The number of hydrogen-bond donors (Lipinski definition) is 1. The van der Waals surface area contributed by atoms with Crippen molar-refractivity contribution in [1.82, 2.24) is 0 Å². The van der Waals surface area contributed by atoms with Gasteiger partial charge in [-0.3, -0.25) is 0 Å². The molecule has 2 rings (SSSR count). The van der Waals surface area contributed by atoms with Crippen LogP contribution in [0.5, 0.6) is 0 Å². The van der Waals surface area contributed by atoms with Gasteiger partial charge in [0.2, 0.25) is 5.92 Å². The number of alkyl halides is 2. The highest BCUT2D eigenvalue weighted by atomic mass is 19.3. The molecule has 0 aliphatic heterocycles. The van der Waals surface area contributed by atoms with Gasteiger partial charge in [0.25, 0.3) is 0 Å². The van der Waals surface area contributed by atoms with Crippen LogP contribution in [0.4, 0.5) is 13.2 Å². The van der Waals surface area contributed by atoms with E-state index in [-0.39, 0.29) is 12.8 Å². The zero-order valence-corrected chi connectivity index (χ0v) is 10.3. The third-order valence-corrected chi connectivity index (χ3v) is 3.66. The average molecular weight is 258 g/mol. The second-order valence-electron chi connectivity index (χ2n) is 5.17. The van der Waals surface area contributed by atoms with Crippen LogP contribution in [0, 0.1) is 18.7 Å². The van der Waals surface area contributed by atoms with Crippen molar-refractivity contribution >= 4 is 0 Å². The number of aliphatic hydroxyl groups is 1. The number of benzene rings is 1. The fraction of sp³-hybridized carbons (Fsp3) is 0.571. The molecule has 2 unspecified atom stereocenters. The molecule has 18 heavy (non-hydrogen) atoms. The van der Waals surface area contributed by atoms with E-state index in [1.54, 1.807) is 19.1 Å². The number of hydrogen-bond acceptors (Lipinski definition) is 1. The quantitative estimate of drug-likeness (QED) is 0.850. The van der Waals surface area contributed by atoms with Crippen molar-refractivity contribution in [2.45, 2.75) is 44.6 Å². The van der Waals surface area contributed by atoms with Crippen molar-refractivity contribution < 1.29 is 18.3 Å². The van der Waals surface area contributed by atoms with Gasteiger partial charge >= 0.3 is 0 Å². The van der Waals surface area contributed by atoms with Gasteiger partial charge in [-0.05, 0) is 42.9 Å². The molecular formula is C14H17F3O. The van der Waals surface area contributed by atoms with Crippen LogP contribution in [0.25, 0.3) is 0 Å². The molecule has 0 radical (unpaired) electrons. The topological polar surface area (TPSA) is 20.2 Å². The largest absolute Gasteiger partial charge is 0.388 e. The Morgan fingerprint density at radius 3 is 2.72 bits per heavy atom. The number of aryl methyl sites for hydroxylation is 1. The van der Waals surface area contributed by atoms with E-state index in [0.717, 1.165) is 0 Å². The number of halogens is 3. The molecule has 0 spiro atoms. The lowest BCUT2D eigenvalue weighted by Gasteiger charge is -2.32. The maximum atomic E-state index is 13.4. The van der Waals surface area contributed by atoms with E-state index in [2.05, 4.69) is 0 Å². The molecule has 1 nitrogen and oxygen atoms in total. The molecule has 100 valence electrons. The molecule has 1 fully saturated rings. The number of aliphatic hydroxyl groups excluding tert-OH is 1. The summed E-state index contributed by atoms with van der Waals surface area (Å²) in [5.74, 6) is -3.60. The maximum absolute atomic E-state index is 13.4. The molecule has 1 saturated carbocycles. The lowest BCUT2D eigenvalue weighted by molar-refractivity contribution is -0.0761. The molecule has 0 saturated heterocycles. The van der Waals surface area contributed by atoms with Gasteiger partial charge in [-0.1, -0.05) is 12.1 Å². The van der Waals surface area contributed by atoms with Gasteiger partial charge in [-0.15, -0.1) is 0 Å². The minimum atomic E-state index is -2.70. The molecule has 4 heteroatoms. The predicted molar refractivity (Wildman–Crippen MR) is 63.0 cm³/mol. The van der Waals surface area contributed by atoms with Crippen LogP contribution in [0.2, 0.25) is 0 Å². The van der Waals surface area contributed by atoms with Gasteiger partial charge in [-0.25, -0.2) is 13.2 Å². The third-order valence-electron chi connectivity index (χ3n) is 3.66. The Morgan fingerprint density at radius 2 is 2.11 bits per heavy atom. The second kappa shape index (κ2) is 4.92. The molecule has 0 aromatic heterocycles. The van der Waals surface area contributed by atoms with Crippen molar-refractivity contribution in [1.29, 1.82) is 0 Å². The van der Waals surface area contributed by atoms with Crippen LogP contribution in [-0.4, -0.2) is 11.0 Å². The van der Waals surface area contributed by atoms with Crippen molar-refractivity contribution in [3.63, 3.8) is 0 Å². The summed E-state index contributed by atoms with van der Waals surface area (Å²) < 4.78 is 40.0. The summed E-state index contributed by atoms with van der Waals surface area (Å²) in [6.45, 7) is 1.63. The van der Waals surface area contributed by atoms with Gasteiger partial charge in [0.1, 0.15) is 5.82 Å². The highest BCUT2D eigenvalue weighted by Crippen LogP contribution is 2.42. The smallest absolute Gasteiger partial charge is 0.248 e. The summed E-state index contributed by atoms with van der Waals surface area (Å²) in [5.41, 5.74) is 0.876. The monoisotopic (exact) mass is 258 g/mol. The maximum Gasteiger partial charge on any atom is 0.248 e. The Kier molecular flexibility index (Phi) is 3.66. The molecule has 1 N–H and O–H groups in total. The van der Waals surface area contributed by atoms with E-state index >= 15 is 0 Å². The summed E-state index contributed by atoms with van der Waals surface area (Å²) in [6, 6.07) is 4.41. The Morgan fingerprint density at radius 1 is 1.39 bits per heavy atom. The fourth-order valence-corrected chi connectivity index (χ4v) is 2.55. The Balaban J connectivity index is 2.15. The van der Waals surface area contributed by atoms with Crippen molar-refractivity contribution in [2.24, 2.45) is 5.92 Å². The van der Waals surface area contributed by atoms with Crippen LogP contribution >= 0.6 is 0 Å². The second-order valence-corrected chi connectivity index (χ2v) is 5.17. The van der Waals surface area contributed by atoms with E-state index in [1.165, 1.54) is 6.07 Å². The first-order valence-corrected chi connectivity index (χ1v) is 6.21. The van der Waals surface area contributed by atoms with E-state index < -0.39 is 23.8 Å². The molecule has 1 aliphatic carbocycles. The van der Waals surface area contributed by atoms with Gasteiger partial charge in [0.05, 0.1) is 6.10 Å². The summed E-state index contributed by atoms with van der Waals surface area (Å²) in [5, 5.41) is 10.1. The lowest BCUT2D eigenvalue weighted by atomic mass is 9.80. The fourth-order valence-electron chi connectivity index (χ4n) is 2.55. The Bertz CT molecular complexity index is 431. The summed E-state index contributed by atoms with van der Waals surface area (Å²) in [7, 11) is 0. The minimum Gasteiger partial charge on any atom is -0.388 e. The average Bonchev–Trinajstić information content (AvgIpc) is 2.30. The zero-order valence-electron chi connectivity index (χ0n) is 10.3. The van der Waals surface area contributed by atoms with Crippen molar-refractivity contribution in [3.8, 4) is 0 Å². The van der Waals surface area contributed by atoms with Crippen molar-refractivity contribution in [3.05, 3.63) is 35.1 Å². The van der Waals surface area contributed by atoms with Crippen molar-refractivity contribution in [2.75, 3.05) is 0 Å². The summed E-state index contributed by atoms with van der Waals surface area (Å²) >= 11 is 0. The highest BCUT2D eigenvalue weighted by Gasteiger charge is 2.39. The van der Waals surface area contributed by atoms with E-state index in [1.807, 2.05) is 0 Å². The SMILES string of the molecule is Cc1ccc(C(O)C2CCCC(F)(F)C2)cc1F. The van der Waals surface area contributed by atoms with Gasteiger partial charge in [-0.2, -0.15) is 0 Å². The van der Waals surface area contributed by atoms with E-state index in [0.29, 0.717) is 24.0 Å². The molecule has 2 atom stereocenters. The van der Waals surface area contributed by atoms with Gasteiger partial charge < -0.3 is 5.11 Å². The van der Waals surface area contributed by atoms with Gasteiger partial charge in [0, 0.05) is 12.8 Å². The third kappa shape index (κ3) is 2.86. The van der Waals surface area contributed by atoms with E-state index in [4.69, 9.17) is 0 Å². The molecule has 1 aromatic rings. The molecule has 0 amide bonds. The van der Waals surface area contributed by atoms with Crippen LogP contribution < -0.4 is 0 Å². The first kappa shape index (κ1) is 13.4. The molecule has 1 aliphatic rings. The highest BCUT2D eigenvalue weighted by molar-refractivity contribution is 5.25. The standard InChI is InChI=1S/C14H17F3O/c1-9-4-5-10(7-12(9)15)13(18)11-3-2-6-14(16,17)8-11/h4-5,7,11,13,18H,2-3,6,8H2,1H3. The van der Waals surface area contributed by atoms with Crippen LogP contribution in [0.3, 0.4) is 0 Å². The number of rotatable bonds is 2. The zero-order chi connectivity index (χ0) is 13.3. The molecule has 0 heterocycles. The summed E-state index contributed by atoms with van der Waals surface area (Å²) in [6.07, 6.45) is -0.469. The van der Waals surface area contributed by atoms with Crippen LogP contribution in [0.15, 0.2) is 18.2 Å². The minimum absolute atomic E-state index is 0.113. The first-order valence-electron chi connectivity index (χ1n) is 6.21. The van der Waals surface area contributed by atoms with E-state index in [9.17, 15) is 18.3 Å². The Labute approximate surface area is 105 Å². The van der Waals surface area contributed by atoms with Crippen LogP contribution in [-0.2, 0) is 0 Å². The Hall–Kier alpha value is -1.03. The van der Waals surface area contributed by atoms with Crippen LogP contribution in [0.1, 0.15) is 42.9 Å². The molecule has 1 aromatic carbocycles. The summed E-state index contributed by atoms with van der Waals surface area (Å²) in [4.78, 5) is 0.